The van der Waals surface area contributed by atoms with Gasteiger partial charge in [-0.1, -0.05) is 19.1 Å². The molecule has 0 unspecified atom stereocenters. The number of hydrogen-bond donors (Lipinski definition) is 2. The fourth-order valence-electron chi connectivity index (χ4n) is 2.66. The van der Waals surface area contributed by atoms with E-state index in [1.54, 1.807) is 42.5 Å². The Morgan fingerprint density at radius 1 is 1.04 bits per heavy atom. The normalized spacial score (nSPS) is 11.4. The van der Waals surface area contributed by atoms with E-state index in [0.29, 0.717) is 35.0 Å². The zero-order valence-corrected chi connectivity index (χ0v) is 16.2. The molecule has 2 aromatic rings. The molecule has 0 aromatic heterocycles. The Balaban J connectivity index is 2.19. The SMILES string of the molecule is CCCOc1ccc([C@H](CC(=O)O)NC(=O)c2ccc(OC)c(OC)c2)cc1. The molecule has 150 valence electrons. The maximum atomic E-state index is 12.7. The van der Waals surface area contributed by atoms with Crippen LogP contribution in [-0.2, 0) is 4.79 Å². The first-order valence-electron chi connectivity index (χ1n) is 8.96. The number of hydrogen-bond acceptors (Lipinski definition) is 5. The Morgan fingerprint density at radius 2 is 1.71 bits per heavy atom. The Morgan fingerprint density at radius 3 is 2.29 bits per heavy atom. The molecule has 0 aliphatic rings. The van der Waals surface area contributed by atoms with Gasteiger partial charge in [0.2, 0.25) is 0 Å². The summed E-state index contributed by atoms with van der Waals surface area (Å²) >= 11 is 0. The number of carboxylic acids is 1. The van der Waals surface area contributed by atoms with Crippen molar-refractivity contribution in [3.05, 3.63) is 53.6 Å². The molecule has 0 fully saturated rings. The molecule has 2 rings (SSSR count). The second-order valence-corrected chi connectivity index (χ2v) is 6.11. The van der Waals surface area contributed by atoms with Gasteiger partial charge in [0.25, 0.3) is 5.91 Å². The van der Waals surface area contributed by atoms with E-state index in [2.05, 4.69) is 5.32 Å². The van der Waals surface area contributed by atoms with Gasteiger partial charge < -0.3 is 24.6 Å². The van der Waals surface area contributed by atoms with Crippen molar-refractivity contribution in [1.29, 1.82) is 0 Å². The number of nitrogens with one attached hydrogen (secondary N) is 1. The van der Waals surface area contributed by atoms with E-state index in [4.69, 9.17) is 14.2 Å². The smallest absolute Gasteiger partial charge is 0.305 e. The lowest BCUT2D eigenvalue weighted by Gasteiger charge is -2.18. The lowest BCUT2D eigenvalue weighted by atomic mass is 10.0. The summed E-state index contributed by atoms with van der Waals surface area (Å²) in [5.74, 6) is 0.208. The molecule has 0 heterocycles. The molecule has 2 N–H and O–H groups in total. The first-order valence-corrected chi connectivity index (χ1v) is 8.96. The van der Waals surface area contributed by atoms with E-state index in [1.807, 2.05) is 6.92 Å². The van der Waals surface area contributed by atoms with Crippen LogP contribution in [0.2, 0.25) is 0 Å². The van der Waals surface area contributed by atoms with Crippen LogP contribution in [-0.4, -0.2) is 37.8 Å². The van der Waals surface area contributed by atoms with Gasteiger partial charge in [0.05, 0.1) is 33.3 Å². The van der Waals surface area contributed by atoms with E-state index >= 15 is 0 Å². The molecule has 7 heteroatoms. The molecule has 1 atom stereocenters. The van der Waals surface area contributed by atoms with Gasteiger partial charge in [-0.3, -0.25) is 9.59 Å². The lowest BCUT2D eigenvalue weighted by Crippen LogP contribution is -2.30. The van der Waals surface area contributed by atoms with Crippen LogP contribution in [0, 0.1) is 0 Å². The van der Waals surface area contributed by atoms with E-state index < -0.39 is 17.9 Å². The molecule has 0 radical (unpaired) electrons. The van der Waals surface area contributed by atoms with Crippen LogP contribution in [0.25, 0.3) is 0 Å². The number of carbonyl (C=O) groups excluding carboxylic acids is 1. The second kappa shape index (κ2) is 10.2. The highest BCUT2D eigenvalue weighted by molar-refractivity contribution is 5.95. The highest BCUT2D eigenvalue weighted by Gasteiger charge is 2.20. The first-order chi connectivity index (χ1) is 13.5. The Bertz CT molecular complexity index is 803. The standard InChI is InChI=1S/C21H25NO6/c1-4-11-28-16-8-5-14(6-9-16)17(13-20(23)24)22-21(25)15-7-10-18(26-2)19(12-15)27-3/h5-10,12,17H,4,11,13H2,1-3H3,(H,22,25)(H,23,24)/t17-/m0/s1. The van der Waals surface area contributed by atoms with Gasteiger partial charge in [-0.15, -0.1) is 0 Å². The van der Waals surface area contributed by atoms with Crippen molar-refractivity contribution in [3.63, 3.8) is 0 Å². The van der Waals surface area contributed by atoms with E-state index in [9.17, 15) is 14.7 Å². The largest absolute Gasteiger partial charge is 0.494 e. The van der Waals surface area contributed by atoms with Crippen LogP contribution in [0.5, 0.6) is 17.2 Å². The molecule has 1 amide bonds. The van der Waals surface area contributed by atoms with Gasteiger partial charge in [0, 0.05) is 5.56 Å². The van der Waals surface area contributed by atoms with Gasteiger partial charge in [-0.05, 0) is 42.3 Å². The van der Waals surface area contributed by atoms with Crippen molar-refractivity contribution in [3.8, 4) is 17.2 Å². The third kappa shape index (κ3) is 5.64. The van der Waals surface area contributed by atoms with Gasteiger partial charge >= 0.3 is 5.97 Å². The number of rotatable bonds is 10. The third-order valence-electron chi connectivity index (χ3n) is 4.09. The van der Waals surface area contributed by atoms with Crippen molar-refractivity contribution in [2.75, 3.05) is 20.8 Å². The topological polar surface area (TPSA) is 94.1 Å². The maximum Gasteiger partial charge on any atom is 0.305 e. The van der Waals surface area contributed by atoms with Gasteiger partial charge in [0.15, 0.2) is 11.5 Å². The van der Waals surface area contributed by atoms with Crippen LogP contribution in [0.3, 0.4) is 0 Å². The number of aliphatic carboxylic acids is 1. The van der Waals surface area contributed by atoms with Crippen LogP contribution in [0.1, 0.15) is 41.7 Å². The molecule has 2 aromatic carbocycles. The van der Waals surface area contributed by atoms with Crippen molar-refractivity contribution >= 4 is 11.9 Å². The third-order valence-corrected chi connectivity index (χ3v) is 4.09. The van der Waals surface area contributed by atoms with E-state index in [1.165, 1.54) is 14.2 Å². The number of carbonyl (C=O) groups is 2. The number of ether oxygens (including phenoxy) is 3. The summed E-state index contributed by atoms with van der Waals surface area (Å²) in [5, 5.41) is 12.0. The van der Waals surface area contributed by atoms with Gasteiger partial charge in [-0.2, -0.15) is 0 Å². The maximum absolute atomic E-state index is 12.7. The van der Waals surface area contributed by atoms with Crippen molar-refractivity contribution in [2.24, 2.45) is 0 Å². The average Bonchev–Trinajstić information content (AvgIpc) is 2.71. The minimum Gasteiger partial charge on any atom is -0.494 e. The molecule has 7 nitrogen and oxygen atoms in total. The summed E-state index contributed by atoms with van der Waals surface area (Å²) in [7, 11) is 2.99. The molecule has 0 spiro atoms. The predicted molar refractivity (Wildman–Crippen MR) is 104 cm³/mol. The number of carboxylic acid groups (broad SMARTS) is 1. The van der Waals surface area contributed by atoms with Gasteiger partial charge in [0.1, 0.15) is 5.75 Å². The first kappa shape index (κ1) is 21.1. The van der Waals surface area contributed by atoms with E-state index in [-0.39, 0.29) is 6.42 Å². The highest BCUT2D eigenvalue weighted by Crippen LogP contribution is 2.28. The fourth-order valence-corrected chi connectivity index (χ4v) is 2.66. The zero-order chi connectivity index (χ0) is 20.5. The lowest BCUT2D eigenvalue weighted by molar-refractivity contribution is -0.137. The molecule has 0 aliphatic heterocycles. The average molecular weight is 387 g/mol. The molecule has 0 saturated carbocycles. The minimum absolute atomic E-state index is 0.242. The quantitative estimate of drug-likeness (QED) is 0.649. The van der Waals surface area contributed by atoms with Crippen LogP contribution < -0.4 is 19.5 Å². The molecular weight excluding hydrogens is 362 g/mol. The Labute approximate surface area is 164 Å². The van der Waals surface area contributed by atoms with Crippen molar-refractivity contribution in [1.82, 2.24) is 5.32 Å². The molecule has 0 aliphatic carbocycles. The Kier molecular flexibility index (Phi) is 7.68. The summed E-state index contributed by atoms with van der Waals surface area (Å²) in [6, 6.07) is 11.1. The fraction of sp³-hybridized carbons (Fsp3) is 0.333. The summed E-state index contributed by atoms with van der Waals surface area (Å²) in [4.78, 5) is 23.9. The summed E-state index contributed by atoms with van der Waals surface area (Å²) in [6.45, 7) is 2.62. The summed E-state index contributed by atoms with van der Waals surface area (Å²) < 4.78 is 15.9. The zero-order valence-electron chi connectivity index (χ0n) is 16.2. The Hall–Kier alpha value is -3.22. The van der Waals surface area contributed by atoms with Crippen LogP contribution in [0.15, 0.2) is 42.5 Å². The molecule has 0 saturated heterocycles. The monoisotopic (exact) mass is 387 g/mol. The van der Waals surface area contributed by atoms with Crippen molar-refractivity contribution in [2.45, 2.75) is 25.8 Å². The van der Waals surface area contributed by atoms with Gasteiger partial charge in [-0.25, -0.2) is 0 Å². The summed E-state index contributed by atoms with van der Waals surface area (Å²) in [6.07, 6.45) is 0.652. The molecule has 28 heavy (non-hydrogen) atoms. The van der Waals surface area contributed by atoms with E-state index in [0.717, 1.165) is 6.42 Å². The molecule has 0 bridgehead atoms. The minimum atomic E-state index is -1.01. The molecular formula is C21H25NO6. The van der Waals surface area contributed by atoms with Crippen LogP contribution in [0.4, 0.5) is 0 Å². The highest BCUT2D eigenvalue weighted by atomic mass is 16.5. The summed E-state index contributed by atoms with van der Waals surface area (Å²) in [5.41, 5.74) is 1.02. The predicted octanol–water partition coefficient (Wildman–Crippen LogP) is 3.44. The number of amides is 1. The van der Waals surface area contributed by atoms with Crippen molar-refractivity contribution < 1.29 is 28.9 Å². The number of benzene rings is 2. The number of methoxy groups -OCH3 is 2. The van der Waals surface area contributed by atoms with Crippen LogP contribution >= 0.6 is 0 Å². The second-order valence-electron chi connectivity index (χ2n) is 6.11.